The third-order valence-electron chi connectivity index (χ3n) is 4.16. The van der Waals surface area contributed by atoms with Gasteiger partial charge in [0.25, 0.3) is 5.91 Å². The zero-order valence-electron chi connectivity index (χ0n) is 14.1. The van der Waals surface area contributed by atoms with Crippen LogP contribution >= 0.6 is 11.6 Å². The monoisotopic (exact) mass is 376 g/mol. The summed E-state index contributed by atoms with van der Waals surface area (Å²) in [6.45, 7) is 0. The Hall–Kier alpha value is -3.24. The minimum atomic E-state index is -0.373. The highest BCUT2D eigenvalue weighted by atomic mass is 35.5. The fourth-order valence-electron chi connectivity index (χ4n) is 2.88. The average Bonchev–Trinajstić information content (AvgIpc) is 3.00. The summed E-state index contributed by atoms with van der Waals surface area (Å²) in [5.74, 6) is -0.249. The molecule has 0 spiro atoms. The Morgan fingerprint density at radius 1 is 0.889 bits per heavy atom. The smallest absolute Gasteiger partial charge is 0.266 e. The Morgan fingerprint density at radius 2 is 1.56 bits per heavy atom. The third-order valence-corrected chi connectivity index (χ3v) is 4.49. The van der Waals surface area contributed by atoms with Crippen LogP contribution < -0.4 is 4.90 Å². The van der Waals surface area contributed by atoms with E-state index in [1.807, 2.05) is 42.5 Å². The van der Waals surface area contributed by atoms with E-state index in [2.05, 4.69) is 4.99 Å². The number of anilines is 1. The van der Waals surface area contributed by atoms with Crippen LogP contribution in [-0.4, -0.2) is 11.7 Å². The largest absolute Gasteiger partial charge is 0.282 e. The van der Waals surface area contributed by atoms with Crippen molar-refractivity contribution in [3.8, 4) is 0 Å². The number of hydrogen-bond acceptors (Lipinski definition) is 2. The van der Waals surface area contributed by atoms with Crippen molar-refractivity contribution < 1.29 is 9.18 Å². The number of amides is 1. The first-order valence-electron chi connectivity index (χ1n) is 8.34. The highest BCUT2D eigenvalue weighted by Crippen LogP contribution is 2.30. The Kier molecular flexibility index (Phi) is 4.57. The van der Waals surface area contributed by atoms with Gasteiger partial charge in [-0.3, -0.25) is 9.69 Å². The molecular weight excluding hydrogens is 363 g/mol. The quantitative estimate of drug-likeness (QED) is 0.570. The topological polar surface area (TPSA) is 32.7 Å². The standard InChI is InChI=1S/C22H14ClFN2O/c23-19-9-5-4-8-18(19)21-25-20(14-15-6-2-1-3-7-15)22(27)26(21)17-12-10-16(24)11-13-17/h1-14H/b20-14+. The molecule has 5 heteroatoms. The van der Waals surface area contributed by atoms with E-state index in [1.54, 1.807) is 30.3 Å². The first-order chi connectivity index (χ1) is 13.1. The predicted octanol–water partition coefficient (Wildman–Crippen LogP) is 5.31. The van der Waals surface area contributed by atoms with Gasteiger partial charge in [0.05, 0.1) is 10.7 Å². The molecule has 3 aromatic rings. The molecule has 0 aromatic heterocycles. The molecule has 0 radical (unpaired) electrons. The van der Waals surface area contributed by atoms with Crippen molar-refractivity contribution in [1.29, 1.82) is 0 Å². The van der Waals surface area contributed by atoms with E-state index in [0.717, 1.165) is 5.56 Å². The van der Waals surface area contributed by atoms with Crippen molar-refractivity contribution >= 4 is 35.1 Å². The lowest BCUT2D eigenvalue weighted by Crippen LogP contribution is -2.32. The van der Waals surface area contributed by atoms with E-state index in [4.69, 9.17) is 11.6 Å². The van der Waals surface area contributed by atoms with Gasteiger partial charge in [0.15, 0.2) is 0 Å². The Balaban J connectivity index is 1.85. The summed E-state index contributed by atoms with van der Waals surface area (Å²) >= 11 is 6.34. The SMILES string of the molecule is O=C1/C(=C\c2ccccc2)N=C(c2ccccc2Cl)N1c1ccc(F)cc1. The summed E-state index contributed by atoms with van der Waals surface area (Å²) in [6, 6.07) is 22.4. The van der Waals surface area contributed by atoms with Crippen molar-refractivity contribution in [2.24, 2.45) is 4.99 Å². The Bertz CT molecular complexity index is 1060. The number of halogens is 2. The molecule has 0 aliphatic carbocycles. The van der Waals surface area contributed by atoms with Crippen molar-refractivity contribution in [3.05, 3.63) is 107 Å². The number of carbonyl (C=O) groups is 1. The maximum Gasteiger partial charge on any atom is 0.282 e. The maximum absolute atomic E-state index is 13.4. The molecule has 132 valence electrons. The minimum absolute atomic E-state index is 0.291. The van der Waals surface area contributed by atoms with Crippen molar-refractivity contribution in [2.75, 3.05) is 4.90 Å². The molecule has 27 heavy (non-hydrogen) atoms. The van der Waals surface area contributed by atoms with Gasteiger partial charge in [-0.25, -0.2) is 9.38 Å². The molecule has 3 nitrogen and oxygen atoms in total. The van der Waals surface area contributed by atoms with Crippen molar-refractivity contribution in [3.63, 3.8) is 0 Å². The van der Waals surface area contributed by atoms with Crippen LogP contribution in [0.3, 0.4) is 0 Å². The van der Waals surface area contributed by atoms with Crippen LogP contribution in [0.2, 0.25) is 5.02 Å². The Morgan fingerprint density at radius 3 is 2.26 bits per heavy atom. The van der Waals surface area contributed by atoms with E-state index >= 15 is 0 Å². The second-order valence-electron chi connectivity index (χ2n) is 5.97. The van der Waals surface area contributed by atoms with Gasteiger partial charge in [-0.05, 0) is 48.0 Å². The number of amidine groups is 1. The molecule has 1 amide bonds. The van der Waals surface area contributed by atoms with Gasteiger partial charge in [0.1, 0.15) is 17.3 Å². The lowest BCUT2D eigenvalue weighted by molar-refractivity contribution is -0.113. The van der Waals surface area contributed by atoms with Gasteiger partial charge in [-0.1, -0.05) is 54.1 Å². The third kappa shape index (κ3) is 3.39. The van der Waals surface area contributed by atoms with Gasteiger partial charge in [0, 0.05) is 5.56 Å². The van der Waals surface area contributed by atoms with Gasteiger partial charge < -0.3 is 0 Å². The summed E-state index contributed by atoms with van der Waals surface area (Å²) in [6.07, 6.45) is 1.72. The van der Waals surface area contributed by atoms with Crippen LogP contribution in [0.5, 0.6) is 0 Å². The Labute approximate surface area is 161 Å². The summed E-state index contributed by atoms with van der Waals surface area (Å²) in [5.41, 5.74) is 2.31. The number of benzene rings is 3. The van der Waals surface area contributed by atoms with E-state index in [-0.39, 0.29) is 11.7 Å². The summed E-state index contributed by atoms with van der Waals surface area (Å²) in [4.78, 5) is 19.1. The van der Waals surface area contributed by atoms with Crippen LogP contribution in [0.4, 0.5) is 10.1 Å². The number of rotatable bonds is 3. The number of nitrogens with zero attached hydrogens (tertiary/aromatic N) is 2. The molecule has 4 rings (SSSR count). The number of carbonyl (C=O) groups excluding carboxylic acids is 1. The fraction of sp³-hybridized carbons (Fsp3) is 0. The normalized spacial score (nSPS) is 15.3. The molecule has 0 bridgehead atoms. The lowest BCUT2D eigenvalue weighted by Gasteiger charge is -2.19. The summed E-state index contributed by atoms with van der Waals surface area (Å²) in [7, 11) is 0. The fourth-order valence-corrected chi connectivity index (χ4v) is 3.10. The predicted molar refractivity (Wildman–Crippen MR) is 106 cm³/mol. The van der Waals surface area contributed by atoms with Gasteiger partial charge in [0.2, 0.25) is 0 Å². The lowest BCUT2D eigenvalue weighted by atomic mass is 10.1. The molecule has 3 aromatic carbocycles. The second kappa shape index (κ2) is 7.17. The first kappa shape index (κ1) is 17.2. The summed E-state index contributed by atoms with van der Waals surface area (Å²) < 4.78 is 13.4. The molecule has 0 atom stereocenters. The molecule has 0 saturated carbocycles. The van der Waals surface area contributed by atoms with Crippen LogP contribution in [0.25, 0.3) is 6.08 Å². The highest BCUT2D eigenvalue weighted by Gasteiger charge is 2.33. The molecule has 1 aliphatic rings. The molecule has 0 fully saturated rings. The average molecular weight is 377 g/mol. The van der Waals surface area contributed by atoms with Crippen LogP contribution in [0.15, 0.2) is 89.6 Å². The molecule has 0 N–H and O–H groups in total. The van der Waals surface area contributed by atoms with Gasteiger partial charge in [-0.2, -0.15) is 0 Å². The molecule has 1 heterocycles. The first-order valence-corrected chi connectivity index (χ1v) is 8.71. The number of aliphatic imine (C=N–C) groups is 1. The minimum Gasteiger partial charge on any atom is -0.266 e. The van der Waals surface area contributed by atoms with Crippen LogP contribution in [0, 0.1) is 5.82 Å². The van der Waals surface area contributed by atoms with Crippen molar-refractivity contribution in [2.45, 2.75) is 0 Å². The second-order valence-corrected chi connectivity index (χ2v) is 6.38. The molecular formula is C22H14ClFN2O. The van der Waals surface area contributed by atoms with Gasteiger partial charge in [-0.15, -0.1) is 0 Å². The van der Waals surface area contributed by atoms with E-state index < -0.39 is 0 Å². The molecule has 1 aliphatic heterocycles. The highest BCUT2D eigenvalue weighted by molar-refractivity contribution is 6.39. The summed E-state index contributed by atoms with van der Waals surface area (Å²) in [5, 5.41) is 0.483. The molecule has 0 saturated heterocycles. The zero-order valence-corrected chi connectivity index (χ0v) is 14.9. The molecule has 0 unspecified atom stereocenters. The van der Waals surface area contributed by atoms with E-state index in [0.29, 0.717) is 27.8 Å². The maximum atomic E-state index is 13.4. The number of hydrogen-bond donors (Lipinski definition) is 0. The van der Waals surface area contributed by atoms with E-state index in [1.165, 1.54) is 17.0 Å². The van der Waals surface area contributed by atoms with Gasteiger partial charge >= 0.3 is 0 Å². The van der Waals surface area contributed by atoms with E-state index in [9.17, 15) is 9.18 Å². The van der Waals surface area contributed by atoms with Crippen LogP contribution in [0.1, 0.15) is 11.1 Å². The van der Waals surface area contributed by atoms with Crippen LogP contribution in [-0.2, 0) is 4.79 Å². The van der Waals surface area contributed by atoms with Crippen molar-refractivity contribution in [1.82, 2.24) is 0 Å². The zero-order chi connectivity index (χ0) is 18.8.